The average Bonchev–Trinajstić information content (AvgIpc) is 3.09. The number of anilines is 1. The predicted molar refractivity (Wildman–Crippen MR) is 63.7 cm³/mol. The first-order valence-electron chi connectivity index (χ1n) is 6.54. The first-order chi connectivity index (χ1) is 8.36. The van der Waals surface area contributed by atoms with Gasteiger partial charge in [-0.05, 0) is 25.7 Å². The number of hydrogen-bond acceptors (Lipinski definition) is 4. The summed E-state index contributed by atoms with van der Waals surface area (Å²) in [4.78, 5) is 4.34. The number of aromatic nitrogens is 1. The molecule has 90 valence electrons. The lowest BCUT2D eigenvalue weighted by molar-refractivity contribution is 0.367. The molecule has 1 N–H and O–H groups in total. The molecule has 0 aromatic carbocycles. The molecule has 0 bridgehead atoms. The highest BCUT2D eigenvalue weighted by Crippen LogP contribution is 2.35. The summed E-state index contributed by atoms with van der Waals surface area (Å²) in [6.07, 6.45) is 8.45. The van der Waals surface area contributed by atoms with E-state index in [-0.39, 0.29) is 0 Å². The number of nitrogens with one attached hydrogen (secondary N) is 1. The highest BCUT2D eigenvalue weighted by Gasteiger charge is 2.27. The predicted octanol–water partition coefficient (Wildman–Crippen LogP) is 3.17. The van der Waals surface area contributed by atoms with E-state index in [0.717, 1.165) is 18.7 Å². The van der Waals surface area contributed by atoms with Gasteiger partial charge in [0.25, 0.3) is 0 Å². The fraction of sp³-hybridized carbons (Fsp3) is 0.692. The molecule has 1 heterocycles. The molecule has 0 saturated heterocycles. The summed E-state index contributed by atoms with van der Waals surface area (Å²) in [5.41, 5.74) is 0.428. The van der Waals surface area contributed by atoms with Gasteiger partial charge in [0.05, 0.1) is 0 Å². The molecule has 2 aliphatic rings. The SMILES string of the molecule is N#Cc1nc(C2CCCCC2)oc1NC1CC1. The minimum Gasteiger partial charge on any atom is -0.424 e. The Kier molecular flexibility index (Phi) is 2.76. The van der Waals surface area contributed by atoms with Crippen molar-refractivity contribution in [2.75, 3.05) is 5.32 Å². The van der Waals surface area contributed by atoms with Crippen LogP contribution in [-0.2, 0) is 0 Å². The third-order valence-corrected chi connectivity index (χ3v) is 3.62. The van der Waals surface area contributed by atoms with Crippen molar-refractivity contribution in [3.8, 4) is 6.07 Å². The van der Waals surface area contributed by atoms with Crippen molar-refractivity contribution in [2.45, 2.75) is 56.9 Å². The summed E-state index contributed by atoms with van der Waals surface area (Å²) < 4.78 is 5.75. The molecule has 0 atom stereocenters. The minimum atomic E-state index is 0.422. The van der Waals surface area contributed by atoms with Gasteiger partial charge >= 0.3 is 0 Å². The van der Waals surface area contributed by atoms with Gasteiger partial charge in [-0.15, -0.1) is 0 Å². The van der Waals surface area contributed by atoms with Crippen LogP contribution in [0.15, 0.2) is 4.42 Å². The number of nitrogens with zero attached hydrogens (tertiary/aromatic N) is 2. The summed E-state index contributed by atoms with van der Waals surface area (Å²) in [6.45, 7) is 0. The van der Waals surface area contributed by atoms with Crippen molar-refractivity contribution in [3.63, 3.8) is 0 Å². The molecule has 0 aliphatic heterocycles. The van der Waals surface area contributed by atoms with Gasteiger partial charge in [0.1, 0.15) is 6.07 Å². The van der Waals surface area contributed by atoms with Gasteiger partial charge < -0.3 is 9.73 Å². The fourth-order valence-corrected chi connectivity index (χ4v) is 2.45. The van der Waals surface area contributed by atoms with Crippen LogP contribution >= 0.6 is 0 Å². The second kappa shape index (κ2) is 4.40. The zero-order chi connectivity index (χ0) is 11.7. The maximum atomic E-state index is 9.05. The third kappa shape index (κ3) is 2.28. The monoisotopic (exact) mass is 231 g/mol. The van der Waals surface area contributed by atoms with Crippen molar-refractivity contribution >= 4 is 5.88 Å². The Balaban J connectivity index is 1.79. The van der Waals surface area contributed by atoms with Gasteiger partial charge in [-0.25, -0.2) is 4.98 Å². The molecular weight excluding hydrogens is 214 g/mol. The Morgan fingerprint density at radius 2 is 1.94 bits per heavy atom. The first-order valence-corrected chi connectivity index (χ1v) is 6.54. The molecule has 2 saturated carbocycles. The lowest BCUT2D eigenvalue weighted by Gasteiger charge is -2.17. The molecule has 2 fully saturated rings. The van der Waals surface area contributed by atoms with E-state index < -0.39 is 0 Å². The smallest absolute Gasteiger partial charge is 0.232 e. The quantitative estimate of drug-likeness (QED) is 0.867. The van der Waals surface area contributed by atoms with E-state index in [0.29, 0.717) is 23.5 Å². The molecule has 0 amide bonds. The Morgan fingerprint density at radius 3 is 2.59 bits per heavy atom. The average molecular weight is 231 g/mol. The van der Waals surface area contributed by atoms with Crippen LogP contribution in [0.5, 0.6) is 0 Å². The van der Waals surface area contributed by atoms with Gasteiger partial charge in [-0.1, -0.05) is 19.3 Å². The van der Waals surface area contributed by atoms with Crippen molar-refractivity contribution < 1.29 is 4.42 Å². The van der Waals surface area contributed by atoms with E-state index in [9.17, 15) is 0 Å². The molecule has 0 spiro atoms. The second-order valence-corrected chi connectivity index (χ2v) is 5.10. The van der Waals surface area contributed by atoms with Gasteiger partial charge in [0, 0.05) is 12.0 Å². The Morgan fingerprint density at radius 1 is 1.18 bits per heavy atom. The Bertz CT molecular complexity index is 436. The zero-order valence-electron chi connectivity index (χ0n) is 9.91. The molecule has 4 nitrogen and oxygen atoms in total. The number of rotatable bonds is 3. The number of oxazole rings is 1. The summed E-state index contributed by atoms with van der Waals surface area (Å²) in [5, 5.41) is 12.3. The number of hydrogen-bond donors (Lipinski definition) is 1. The van der Waals surface area contributed by atoms with Gasteiger partial charge in [0.2, 0.25) is 17.5 Å². The largest absolute Gasteiger partial charge is 0.424 e. The molecule has 17 heavy (non-hydrogen) atoms. The van der Waals surface area contributed by atoms with Gasteiger partial charge in [-0.3, -0.25) is 0 Å². The minimum absolute atomic E-state index is 0.422. The van der Waals surface area contributed by atoms with Gasteiger partial charge in [0.15, 0.2) is 0 Å². The van der Waals surface area contributed by atoms with E-state index in [1.807, 2.05) is 0 Å². The molecule has 4 heteroatoms. The Hall–Kier alpha value is -1.50. The highest BCUT2D eigenvalue weighted by atomic mass is 16.4. The molecular formula is C13H17N3O. The maximum absolute atomic E-state index is 9.05. The first kappa shape index (κ1) is 10.6. The summed E-state index contributed by atoms with van der Waals surface area (Å²) in [5.74, 6) is 1.78. The summed E-state index contributed by atoms with van der Waals surface area (Å²) >= 11 is 0. The standard InChI is InChI=1S/C13H17N3O/c14-8-11-13(15-10-6-7-10)17-12(16-11)9-4-2-1-3-5-9/h9-10,15H,1-7H2. The van der Waals surface area contributed by atoms with Crippen molar-refractivity contribution in [1.82, 2.24) is 4.98 Å². The lowest BCUT2D eigenvalue weighted by atomic mass is 9.89. The normalized spacial score (nSPS) is 21.1. The van der Waals surface area contributed by atoms with Crippen LogP contribution < -0.4 is 5.32 Å². The maximum Gasteiger partial charge on any atom is 0.232 e. The van der Waals surface area contributed by atoms with E-state index in [4.69, 9.17) is 9.68 Å². The van der Waals surface area contributed by atoms with Crippen molar-refractivity contribution in [2.24, 2.45) is 0 Å². The van der Waals surface area contributed by atoms with Crippen LogP contribution in [-0.4, -0.2) is 11.0 Å². The molecule has 2 aliphatic carbocycles. The Labute approximate surface area is 101 Å². The lowest BCUT2D eigenvalue weighted by Crippen LogP contribution is -2.04. The third-order valence-electron chi connectivity index (χ3n) is 3.62. The van der Waals surface area contributed by atoms with Crippen LogP contribution in [0.2, 0.25) is 0 Å². The molecule has 0 radical (unpaired) electrons. The van der Waals surface area contributed by atoms with Crippen LogP contribution in [0.25, 0.3) is 0 Å². The van der Waals surface area contributed by atoms with Crippen LogP contribution in [0.1, 0.15) is 62.4 Å². The van der Waals surface area contributed by atoms with E-state index >= 15 is 0 Å². The van der Waals surface area contributed by atoms with E-state index in [1.165, 1.54) is 32.1 Å². The number of nitriles is 1. The van der Waals surface area contributed by atoms with Crippen molar-refractivity contribution in [1.29, 1.82) is 5.26 Å². The summed E-state index contributed by atoms with van der Waals surface area (Å²) in [6, 6.07) is 2.62. The van der Waals surface area contributed by atoms with E-state index in [1.54, 1.807) is 0 Å². The van der Waals surface area contributed by atoms with E-state index in [2.05, 4.69) is 16.4 Å². The van der Waals surface area contributed by atoms with Crippen LogP contribution in [0.4, 0.5) is 5.88 Å². The van der Waals surface area contributed by atoms with Crippen LogP contribution in [0.3, 0.4) is 0 Å². The molecule has 3 rings (SSSR count). The van der Waals surface area contributed by atoms with Crippen molar-refractivity contribution in [3.05, 3.63) is 11.6 Å². The topological polar surface area (TPSA) is 61.9 Å². The summed E-state index contributed by atoms with van der Waals surface area (Å²) in [7, 11) is 0. The molecule has 1 aromatic rings. The molecule has 0 unspecified atom stereocenters. The highest BCUT2D eigenvalue weighted by molar-refractivity contribution is 5.47. The van der Waals surface area contributed by atoms with Gasteiger partial charge in [-0.2, -0.15) is 5.26 Å². The second-order valence-electron chi connectivity index (χ2n) is 5.10. The fourth-order valence-electron chi connectivity index (χ4n) is 2.45. The molecule has 1 aromatic heterocycles. The van der Waals surface area contributed by atoms with Crippen LogP contribution in [0, 0.1) is 11.3 Å². The zero-order valence-corrected chi connectivity index (χ0v) is 9.91.